The van der Waals surface area contributed by atoms with E-state index in [1.54, 1.807) is 19.2 Å². The van der Waals surface area contributed by atoms with E-state index < -0.39 is 11.0 Å². The largest absolute Gasteiger partial charge is 0.496 e. The van der Waals surface area contributed by atoms with Crippen LogP contribution in [0.4, 0.5) is 4.39 Å². The van der Waals surface area contributed by atoms with Crippen LogP contribution in [0.1, 0.15) is 42.4 Å². The molecular weight excluding hydrogens is 369 g/mol. The molecular formula is C24H26FNO3. The second-order valence-electron chi connectivity index (χ2n) is 8.44. The summed E-state index contributed by atoms with van der Waals surface area (Å²) in [6.45, 7) is 1.92. The molecule has 29 heavy (non-hydrogen) atoms. The molecule has 0 unspecified atom stereocenters. The molecule has 2 aromatic rings. The summed E-state index contributed by atoms with van der Waals surface area (Å²) in [4.78, 5) is 15.3. The molecule has 0 aromatic heterocycles. The number of nitrogens with zero attached hydrogens (tertiary/aromatic N) is 1. The van der Waals surface area contributed by atoms with E-state index in [-0.39, 0.29) is 11.7 Å². The first-order valence-corrected chi connectivity index (χ1v) is 10.4. The van der Waals surface area contributed by atoms with Crippen molar-refractivity contribution >= 4 is 5.91 Å². The molecule has 5 heteroatoms. The van der Waals surface area contributed by atoms with Crippen molar-refractivity contribution in [2.24, 2.45) is 0 Å². The van der Waals surface area contributed by atoms with Crippen LogP contribution in [-0.4, -0.2) is 37.6 Å². The van der Waals surface area contributed by atoms with Gasteiger partial charge in [-0.1, -0.05) is 30.3 Å². The maximum atomic E-state index is 14.4. The van der Waals surface area contributed by atoms with Gasteiger partial charge in [0.1, 0.15) is 17.2 Å². The Kier molecular flexibility index (Phi) is 4.39. The van der Waals surface area contributed by atoms with E-state index in [0.717, 1.165) is 43.4 Å². The predicted molar refractivity (Wildman–Crippen MR) is 107 cm³/mol. The van der Waals surface area contributed by atoms with Crippen molar-refractivity contribution in [2.75, 3.05) is 26.8 Å². The quantitative estimate of drug-likeness (QED) is 0.790. The summed E-state index contributed by atoms with van der Waals surface area (Å²) < 4.78 is 26.4. The molecule has 4 nitrogen and oxygen atoms in total. The Morgan fingerprint density at radius 3 is 2.52 bits per heavy atom. The summed E-state index contributed by atoms with van der Waals surface area (Å²) in [5, 5.41) is 0. The zero-order chi connectivity index (χ0) is 20.1. The second kappa shape index (κ2) is 6.84. The number of amides is 1. The Hall–Kier alpha value is -2.40. The van der Waals surface area contributed by atoms with Crippen molar-refractivity contribution in [2.45, 2.75) is 43.1 Å². The maximum Gasteiger partial charge on any atom is 0.233 e. The zero-order valence-electron chi connectivity index (χ0n) is 16.7. The Balaban J connectivity index is 1.39. The van der Waals surface area contributed by atoms with Gasteiger partial charge in [0.2, 0.25) is 5.91 Å². The van der Waals surface area contributed by atoms with E-state index in [1.807, 2.05) is 23.1 Å². The Morgan fingerprint density at radius 2 is 1.83 bits per heavy atom. The summed E-state index contributed by atoms with van der Waals surface area (Å²) in [6, 6.07) is 12.9. The van der Waals surface area contributed by atoms with E-state index in [0.29, 0.717) is 25.3 Å². The van der Waals surface area contributed by atoms with Crippen molar-refractivity contribution in [3.8, 4) is 5.75 Å². The van der Waals surface area contributed by atoms with Crippen LogP contribution >= 0.6 is 0 Å². The number of halogens is 1. The van der Waals surface area contributed by atoms with Crippen LogP contribution in [0.15, 0.2) is 42.5 Å². The van der Waals surface area contributed by atoms with Gasteiger partial charge in [-0.05, 0) is 49.8 Å². The second-order valence-corrected chi connectivity index (χ2v) is 8.44. The number of rotatable bonds is 3. The van der Waals surface area contributed by atoms with Gasteiger partial charge in [0.15, 0.2) is 0 Å². The van der Waals surface area contributed by atoms with Gasteiger partial charge in [-0.3, -0.25) is 4.79 Å². The van der Waals surface area contributed by atoms with Gasteiger partial charge >= 0.3 is 0 Å². The average molecular weight is 395 g/mol. The van der Waals surface area contributed by atoms with Crippen LogP contribution in [0.2, 0.25) is 0 Å². The first-order chi connectivity index (χ1) is 14.1. The van der Waals surface area contributed by atoms with Crippen LogP contribution in [0.25, 0.3) is 0 Å². The normalized spacial score (nSPS) is 21.5. The third-order valence-corrected chi connectivity index (χ3v) is 6.94. The Bertz CT molecular complexity index is 931. The van der Waals surface area contributed by atoms with Crippen LogP contribution in [0.3, 0.4) is 0 Å². The molecule has 1 saturated heterocycles. The SMILES string of the molecule is COc1cccc2c1C1(CCN(C(=O)C3(c4ccccc4F)CC3)CC1)OCC2. The first kappa shape index (κ1) is 18.6. The minimum atomic E-state index is -0.668. The predicted octanol–water partition coefficient (Wildman–Crippen LogP) is 3.96. The third kappa shape index (κ3) is 2.86. The lowest BCUT2D eigenvalue weighted by atomic mass is 9.78. The molecule has 1 amide bonds. The topological polar surface area (TPSA) is 38.8 Å². The monoisotopic (exact) mass is 395 g/mol. The van der Waals surface area contributed by atoms with E-state index in [9.17, 15) is 9.18 Å². The summed E-state index contributed by atoms with van der Waals surface area (Å²) in [7, 11) is 1.70. The minimum Gasteiger partial charge on any atom is -0.496 e. The number of likely N-dealkylation sites (tertiary alicyclic amines) is 1. The number of carbonyl (C=O) groups is 1. The third-order valence-electron chi connectivity index (χ3n) is 6.94. The summed E-state index contributed by atoms with van der Waals surface area (Å²) in [5.41, 5.74) is 1.91. The summed E-state index contributed by atoms with van der Waals surface area (Å²) >= 11 is 0. The number of fused-ring (bicyclic) bond motifs is 2. The molecule has 1 saturated carbocycles. The van der Waals surface area contributed by atoms with Crippen molar-refractivity contribution < 1.29 is 18.7 Å². The number of ether oxygens (including phenoxy) is 2. The fourth-order valence-electron chi connectivity index (χ4n) is 5.24. The standard InChI is InChI=1S/C24H26FNO3/c1-28-20-8-4-5-17-9-16-29-24(21(17)20)12-14-26(15-13-24)22(27)23(10-11-23)18-6-2-3-7-19(18)25/h2-8H,9-16H2,1H3. The van der Waals surface area contributed by atoms with Gasteiger partial charge in [0.05, 0.1) is 19.1 Å². The van der Waals surface area contributed by atoms with Gasteiger partial charge in [0, 0.05) is 24.2 Å². The van der Waals surface area contributed by atoms with Gasteiger partial charge in [0.25, 0.3) is 0 Å². The molecule has 0 N–H and O–H groups in total. The van der Waals surface area contributed by atoms with Gasteiger partial charge in [-0.25, -0.2) is 4.39 Å². The van der Waals surface area contributed by atoms with Crippen LogP contribution in [-0.2, 0) is 27.0 Å². The average Bonchev–Trinajstić information content (AvgIpc) is 3.56. The number of carbonyl (C=O) groups excluding carboxylic acids is 1. The van der Waals surface area contributed by atoms with Gasteiger partial charge < -0.3 is 14.4 Å². The van der Waals surface area contributed by atoms with Crippen LogP contribution in [0.5, 0.6) is 5.75 Å². The number of hydrogen-bond donors (Lipinski definition) is 0. The van der Waals surface area contributed by atoms with E-state index >= 15 is 0 Å². The molecule has 2 fully saturated rings. The Morgan fingerprint density at radius 1 is 1.07 bits per heavy atom. The number of methoxy groups -OCH3 is 1. The fraction of sp³-hybridized carbons (Fsp3) is 0.458. The molecule has 0 atom stereocenters. The van der Waals surface area contributed by atoms with Crippen molar-refractivity contribution in [3.63, 3.8) is 0 Å². The molecule has 2 aliphatic heterocycles. The highest BCUT2D eigenvalue weighted by molar-refractivity contribution is 5.91. The number of benzene rings is 2. The molecule has 2 aromatic carbocycles. The lowest BCUT2D eigenvalue weighted by molar-refractivity contribution is -0.143. The van der Waals surface area contributed by atoms with Crippen molar-refractivity contribution in [1.82, 2.24) is 4.90 Å². The van der Waals surface area contributed by atoms with Crippen molar-refractivity contribution in [1.29, 1.82) is 0 Å². The molecule has 3 aliphatic rings. The number of hydrogen-bond acceptors (Lipinski definition) is 3. The summed E-state index contributed by atoms with van der Waals surface area (Å²) in [5.74, 6) is 0.654. The lowest BCUT2D eigenvalue weighted by Gasteiger charge is -2.46. The molecule has 1 spiro atoms. The van der Waals surface area contributed by atoms with Gasteiger partial charge in [-0.2, -0.15) is 0 Å². The highest BCUT2D eigenvalue weighted by Gasteiger charge is 2.55. The summed E-state index contributed by atoms with van der Waals surface area (Å²) in [6.07, 6.45) is 3.80. The van der Waals surface area contributed by atoms with Gasteiger partial charge in [-0.15, -0.1) is 0 Å². The lowest BCUT2D eigenvalue weighted by Crippen LogP contribution is -2.51. The molecule has 5 rings (SSSR count). The Labute approximate surface area is 170 Å². The molecule has 0 radical (unpaired) electrons. The smallest absolute Gasteiger partial charge is 0.233 e. The van der Waals surface area contributed by atoms with Crippen molar-refractivity contribution in [3.05, 3.63) is 65.0 Å². The molecule has 2 heterocycles. The fourth-order valence-corrected chi connectivity index (χ4v) is 5.24. The van der Waals surface area contributed by atoms with E-state index in [2.05, 4.69) is 6.07 Å². The van der Waals surface area contributed by atoms with Crippen LogP contribution < -0.4 is 4.74 Å². The molecule has 152 valence electrons. The highest BCUT2D eigenvalue weighted by atomic mass is 19.1. The molecule has 1 aliphatic carbocycles. The highest BCUT2D eigenvalue weighted by Crippen LogP contribution is 2.52. The van der Waals surface area contributed by atoms with E-state index in [4.69, 9.17) is 9.47 Å². The first-order valence-electron chi connectivity index (χ1n) is 10.4. The number of piperidine rings is 1. The van der Waals surface area contributed by atoms with E-state index in [1.165, 1.54) is 11.6 Å². The maximum absolute atomic E-state index is 14.4. The minimum absolute atomic E-state index is 0.0634. The zero-order valence-corrected chi connectivity index (χ0v) is 16.7. The van der Waals surface area contributed by atoms with Crippen LogP contribution in [0, 0.1) is 5.82 Å². The molecule has 0 bridgehead atoms.